The SMILES string of the molecule is CCc1nc(C)nc(-c2ccccc2)n1. The highest BCUT2D eigenvalue weighted by molar-refractivity contribution is 5.54. The van der Waals surface area contributed by atoms with E-state index in [1.165, 1.54) is 0 Å². The number of aryl methyl sites for hydroxylation is 2. The van der Waals surface area contributed by atoms with Crippen LogP contribution in [-0.4, -0.2) is 15.0 Å². The number of hydrogen-bond donors (Lipinski definition) is 0. The number of hydrogen-bond acceptors (Lipinski definition) is 3. The van der Waals surface area contributed by atoms with Crippen molar-refractivity contribution in [2.75, 3.05) is 0 Å². The van der Waals surface area contributed by atoms with E-state index in [-0.39, 0.29) is 0 Å². The minimum absolute atomic E-state index is 0.764. The fourth-order valence-corrected chi connectivity index (χ4v) is 1.41. The molecule has 0 saturated carbocycles. The molecule has 76 valence electrons. The molecule has 0 N–H and O–H groups in total. The lowest BCUT2D eigenvalue weighted by Crippen LogP contribution is -2.01. The summed E-state index contributed by atoms with van der Waals surface area (Å²) >= 11 is 0. The van der Waals surface area contributed by atoms with Gasteiger partial charge in [-0.3, -0.25) is 0 Å². The average molecular weight is 199 g/mol. The van der Waals surface area contributed by atoms with Gasteiger partial charge in [0.1, 0.15) is 11.6 Å². The normalized spacial score (nSPS) is 10.3. The molecule has 0 amide bonds. The van der Waals surface area contributed by atoms with Gasteiger partial charge >= 0.3 is 0 Å². The third-order valence-corrected chi connectivity index (χ3v) is 2.14. The molecule has 0 spiro atoms. The highest BCUT2D eigenvalue weighted by Crippen LogP contribution is 2.13. The minimum Gasteiger partial charge on any atom is -0.218 e. The van der Waals surface area contributed by atoms with Gasteiger partial charge in [-0.1, -0.05) is 37.3 Å². The molecule has 0 aliphatic heterocycles. The fourth-order valence-electron chi connectivity index (χ4n) is 1.41. The van der Waals surface area contributed by atoms with Crippen LogP contribution in [0.2, 0.25) is 0 Å². The second kappa shape index (κ2) is 4.17. The standard InChI is InChI=1S/C12H13N3/c1-3-11-13-9(2)14-12(15-11)10-7-5-4-6-8-10/h4-8H,3H2,1-2H3. The van der Waals surface area contributed by atoms with Gasteiger partial charge in [0.15, 0.2) is 5.82 Å². The van der Waals surface area contributed by atoms with E-state index in [0.29, 0.717) is 0 Å². The van der Waals surface area contributed by atoms with Crippen molar-refractivity contribution in [3.05, 3.63) is 42.0 Å². The van der Waals surface area contributed by atoms with Crippen molar-refractivity contribution in [3.8, 4) is 11.4 Å². The highest BCUT2D eigenvalue weighted by atomic mass is 15.0. The maximum Gasteiger partial charge on any atom is 0.163 e. The molecule has 1 aromatic carbocycles. The van der Waals surface area contributed by atoms with E-state index in [9.17, 15) is 0 Å². The third-order valence-electron chi connectivity index (χ3n) is 2.14. The van der Waals surface area contributed by atoms with Crippen molar-refractivity contribution < 1.29 is 0 Å². The van der Waals surface area contributed by atoms with Gasteiger partial charge in [-0.15, -0.1) is 0 Å². The van der Waals surface area contributed by atoms with Crippen molar-refractivity contribution in [2.24, 2.45) is 0 Å². The number of nitrogens with zero attached hydrogens (tertiary/aromatic N) is 3. The Morgan fingerprint density at radius 1 is 1.00 bits per heavy atom. The molecule has 1 aromatic heterocycles. The first-order valence-electron chi connectivity index (χ1n) is 5.06. The van der Waals surface area contributed by atoms with Crippen LogP contribution in [0.4, 0.5) is 0 Å². The van der Waals surface area contributed by atoms with Gasteiger partial charge < -0.3 is 0 Å². The smallest absolute Gasteiger partial charge is 0.163 e. The van der Waals surface area contributed by atoms with Crippen molar-refractivity contribution >= 4 is 0 Å². The third kappa shape index (κ3) is 2.18. The summed E-state index contributed by atoms with van der Waals surface area (Å²) in [5, 5.41) is 0. The Kier molecular flexibility index (Phi) is 2.72. The first-order valence-corrected chi connectivity index (χ1v) is 5.06. The summed E-state index contributed by atoms with van der Waals surface area (Å²) in [6, 6.07) is 9.97. The quantitative estimate of drug-likeness (QED) is 0.745. The summed E-state index contributed by atoms with van der Waals surface area (Å²) in [5.41, 5.74) is 1.04. The Morgan fingerprint density at radius 3 is 2.40 bits per heavy atom. The van der Waals surface area contributed by atoms with Gasteiger partial charge in [0.2, 0.25) is 0 Å². The van der Waals surface area contributed by atoms with E-state index in [1.807, 2.05) is 44.2 Å². The summed E-state index contributed by atoms with van der Waals surface area (Å²) in [5.74, 6) is 2.39. The van der Waals surface area contributed by atoms with E-state index < -0.39 is 0 Å². The monoisotopic (exact) mass is 199 g/mol. The largest absolute Gasteiger partial charge is 0.218 e. The number of aromatic nitrogens is 3. The summed E-state index contributed by atoms with van der Waals surface area (Å²) in [6.45, 7) is 3.94. The molecule has 0 saturated heterocycles. The van der Waals surface area contributed by atoms with Gasteiger partial charge in [0.25, 0.3) is 0 Å². The maximum absolute atomic E-state index is 4.40. The highest BCUT2D eigenvalue weighted by Gasteiger charge is 2.03. The summed E-state index contributed by atoms with van der Waals surface area (Å²) in [4.78, 5) is 13.0. The molecule has 3 heteroatoms. The Morgan fingerprint density at radius 2 is 1.73 bits per heavy atom. The molecule has 0 aliphatic carbocycles. The first kappa shape index (κ1) is 9.77. The van der Waals surface area contributed by atoms with Crippen LogP contribution in [0, 0.1) is 6.92 Å². The van der Waals surface area contributed by atoms with E-state index in [0.717, 1.165) is 29.5 Å². The van der Waals surface area contributed by atoms with Gasteiger partial charge in [-0.05, 0) is 6.92 Å². The average Bonchev–Trinajstić information content (AvgIpc) is 2.29. The van der Waals surface area contributed by atoms with Crippen molar-refractivity contribution in [3.63, 3.8) is 0 Å². The maximum atomic E-state index is 4.40. The number of benzene rings is 1. The van der Waals surface area contributed by atoms with Crippen LogP contribution in [0.5, 0.6) is 0 Å². The van der Waals surface area contributed by atoms with Crippen LogP contribution in [0.15, 0.2) is 30.3 Å². The van der Waals surface area contributed by atoms with E-state index in [2.05, 4.69) is 15.0 Å². The molecule has 15 heavy (non-hydrogen) atoms. The van der Waals surface area contributed by atoms with E-state index in [4.69, 9.17) is 0 Å². The molecule has 1 heterocycles. The van der Waals surface area contributed by atoms with Gasteiger partial charge in [0.05, 0.1) is 0 Å². The Bertz CT molecular complexity index is 452. The topological polar surface area (TPSA) is 38.7 Å². The summed E-state index contributed by atoms with van der Waals surface area (Å²) in [7, 11) is 0. The van der Waals surface area contributed by atoms with Crippen molar-refractivity contribution in [1.29, 1.82) is 0 Å². The minimum atomic E-state index is 0.764. The summed E-state index contributed by atoms with van der Waals surface area (Å²) in [6.07, 6.45) is 0.837. The molecule has 0 atom stereocenters. The lowest BCUT2D eigenvalue weighted by molar-refractivity contribution is 0.869. The zero-order valence-corrected chi connectivity index (χ0v) is 8.94. The Labute approximate surface area is 89.2 Å². The van der Waals surface area contributed by atoms with Crippen LogP contribution in [0.3, 0.4) is 0 Å². The first-order chi connectivity index (χ1) is 7.29. The molecule has 3 nitrogen and oxygen atoms in total. The van der Waals surface area contributed by atoms with Crippen LogP contribution < -0.4 is 0 Å². The van der Waals surface area contributed by atoms with Gasteiger partial charge in [0, 0.05) is 12.0 Å². The van der Waals surface area contributed by atoms with Crippen molar-refractivity contribution in [2.45, 2.75) is 20.3 Å². The molecule has 0 radical (unpaired) electrons. The summed E-state index contributed by atoms with van der Waals surface area (Å²) < 4.78 is 0. The molecule has 0 aliphatic rings. The van der Waals surface area contributed by atoms with Crippen LogP contribution in [0.25, 0.3) is 11.4 Å². The zero-order chi connectivity index (χ0) is 10.7. The Hall–Kier alpha value is -1.77. The predicted octanol–water partition coefficient (Wildman–Crippen LogP) is 2.41. The van der Waals surface area contributed by atoms with Crippen molar-refractivity contribution in [1.82, 2.24) is 15.0 Å². The molecule has 0 bridgehead atoms. The fraction of sp³-hybridized carbons (Fsp3) is 0.250. The second-order valence-corrected chi connectivity index (χ2v) is 3.34. The molecule has 0 unspecified atom stereocenters. The molecule has 0 fully saturated rings. The zero-order valence-electron chi connectivity index (χ0n) is 8.94. The second-order valence-electron chi connectivity index (χ2n) is 3.34. The lowest BCUT2D eigenvalue weighted by Gasteiger charge is -2.03. The number of rotatable bonds is 2. The molecular formula is C12H13N3. The van der Waals surface area contributed by atoms with Gasteiger partial charge in [-0.2, -0.15) is 0 Å². The van der Waals surface area contributed by atoms with Gasteiger partial charge in [-0.25, -0.2) is 15.0 Å². The molecule has 2 aromatic rings. The predicted molar refractivity (Wildman–Crippen MR) is 59.4 cm³/mol. The lowest BCUT2D eigenvalue weighted by atomic mass is 10.2. The van der Waals surface area contributed by atoms with Crippen LogP contribution in [0.1, 0.15) is 18.6 Å². The van der Waals surface area contributed by atoms with Crippen LogP contribution >= 0.6 is 0 Å². The molecule has 2 rings (SSSR count). The van der Waals surface area contributed by atoms with E-state index >= 15 is 0 Å². The molecular weight excluding hydrogens is 186 g/mol. The van der Waals surface area contributed by atoms with E-state index in [1.54, 1.807) is 0 Å². The Balaban J connectivity index is 2.49. The van der Waals surface area contributed by atoms with Crippen LogP contribution in [-0.2, 0) is 6.42 Å².